The predicted molar refractivity (Wildman–Crippen MR) is 53.8 cm³/mol. The first-order chi connectivity index (χ1) is 6.37. The molecule has 0 radical (unpaired) electrons. The Morgan fingerprint density at radius 1 is 1.57 bits per heavy atom. The summed E-state index contributed by atoms with van der Waals surface area (Å²) in [5.41, 5.74) is 0. The summed E-state index contributed by atoms with van der Waals surface area (Å²) < 4.78 is 29.2. The third-order valence-corrected chi connectivity index (χ3v) is 2.88. The molecule has 2 nitrogen and oxygen atoms in total. The Bertz CT molecular complexity index is 180. The Morgan fingerprint density at radius 3 is 2.57 bits per heavy atom. The fourth-order valence-electron chi connectivity index (χ4n) is 0.877. The monoisotopic (exact) mass is 226 g/mol. The molecule has 0 aromatic rings. The predicted octanol–water partition coefficient (Wildman–Crippen LogP) is 2.72. The van der Waals surface area contributed by atoms with Gasteiger partial charge >= 0.3 is 5.97 Å². The molecule has 0 bridgehead atoms. The van der Waals surface area contributed by atoms with E-state index in [1.165, 1.54) is 18.9 Å². The Kier molecular flexibility index (Phi) is 6.08. The van der Waals surface area contributed by atoms with Gasteiger partial charge in [0, 0.05) is 6.42 Å². The molecule has 14 heavy (non-hydrogen) atoms. The maximum absolute atomic E-state index is 12.4. The van der Waals surface area contributed by atoms with Crippen molar-refractivity contribution in [3.63, 3.8) is 0 Å². The van der Waals surface area contributed by atoms with Crippen LogP contribution in [0, 0.1) is 0 Å². The topological polar surface area (TPSA) is 26.3 Å². The number of esters is 1. The van der Waals surface area contributed by atoms with Gasteiger partial charge in [-0.2, -0.15) is 0 Å². The second-order valence-electron chi connectivity index (χ2n) is 3.21. The van der Waals surface area contributed by atoms with Crippen molar-refractivity contribution in [1.29, 1.82) is 0 Å². The van der Waals surface area contributed by atoms with E-state index in [-0.39, 0.29) is 17.6 Å². The molecule has 0 rings (SSSR count). The molecule has 84 valence electrons. The first-order valence-electron chi connectivity index (χ1n) is 4.44. The van der Waals surface area contributed by atoms with E-state index in [1.807, 2.05) is 0 Å². The third kappa shape index (κ3) is 7.12. The number of methoxy groups -OCH3 is 1. The molecule has 0 aromatic carbocycles. The zero-order chi connectivity index (χ0) is 11.2. The summed E-state index contributed by atoms with van der Waals surface area (Å²) in [6, 6.07) is 0. The van der Waals surface area contributed by atoms with Gasteiger partial charge in [0.2, 0.25) is 5.92 Å². The average molecular weight is 226 g/mol. The summed E-state index contributed by atoms with van der Waals surface area (Å²) >= 11 is 1.34. The summed E-state index contributed by atoms with van der Waals surface area (Å²) in [5.74, 6) is -2.35. The molecule has 0 saturated heterocycles. The van der Waals surface area contributed by atoms with Gasteiger partial charge in [-0.15, -0.1) is 11.8 Å². The van der Waals surface area contributed by atoms with Crippen molar-refractivity contribution in [2.45, 2.75) is 37.9 Å². The minimum absolute atomic E-state index is 0.131. The Balaban J connectivity index is 3.50. The van der Waals surface area contributed by atoms with E-state index in [9.17, 15) is 13.6 Å². The summed E-state index contributed by atoms with van der Waals surface area (Å²) in [5, 5.41) is -0.273. The van der Waals surface area contributed by atoms with Crippen molar-refractivity contribution in [2.75, 3.05) is 12.9 Å². The first kappa shape index (κ1) is 13.7. The average Bonchev–Trinajstić information content (AvgIpc) is 2.09. The van der Waals surface area contributed by atoms with E-state index >= 15 is 0 Å². The molecule has 0 aliphatic heterocycles. The van der Waals surface area contributed by atoms with Crippen molar-refractivity contribution in [3.05, 3.63) is 0 Å². The molecule has 1 unspecified atom stereocenters. The minimum Gasteiger partial charge on any atom is -0.468 e. The first-order valence-corrected chi connectivity index (χ1v) is 5.49. The second-order valence-corrected chi connectivity index (χ2v) is 4.66. The van der Waals surface area contributed by atoms with Gasteiger partial charge in [0.25, 0.3) is 0 Å². The zero-order valence-electron chi connectivity index (χ0n) is 8.68. The summed E-state index contributed by atoms with van der Waals surface area (Å²) in [4.78, 5) is 10.9. The molecule has 5 heteroatoms. The lowest BCUT2D eigenvalue weighted by Crippen LogP contribution is -2.16. The van der Waals surface area contributed by atoms with E-state index in [2.05, 4.69) is 4.74 Å². The van der Waals surface area contributed by atoms with Gasteiger partial charge < -0.3 is 4.74 Å². The van der Waals surface area contributed by atoms with Crippen LogP contribution in [-0.2, 0) is 9.53 Å². The van der Waals surface area contributed by atoms with E-state index < -0.39 is 5.92 Å². The highest BCUT2D eigenvalue weighted by molar-refractivity contribution is 8.00. The van der Waals surface area contributed by atoms with Crippen LogP contribution >= 0.6 is 11.8 Å². The van der Waals surface area contributed by atoms with Crippen LogP contribution in [0.4, 0.5) is 8.78 Å². The number of thioether (sulfide) groups is 1. The van der Waals surface area contributed by atoms with E-state index in [0.29, 0.717) is 12.2 Å². The second kappa shape index (κ2) is 6.22. The zero-order valence-corrected chi connectivity index (χ0v) is 9.50. The summed E-state index contributed by atoms with van der Waals surface area (Å²) in [6.45, 7) is 2.61. The highest BCUT2D eigenvalue weighted by Gasteiger charge is 2.20. The van der Waals surface area contributed by atoms with Gasteiger partial charge in [0.05, 0.1) is 12.4 Å². The van der Waals surface area contributed by atoms with Gasteiger partial charge in [0.1, 0.15) is 0 Å². The quantitative estimate of drug-likeness (QED) is 0.514. The number of halogens is 2. The van der Waals surface area contributed by atoms with Crippen LogP contribution in [0.5, 0.6) is 0 Å². The highest BCUT2D eigenvalue weighted by Crippen LogP contribution is 2.21. The molecule has 0 spiro atoms. The molecule has 0 N–H and O–H groups in total. The largest absolute Gasteiger partial charge is 0.468 e. The number of hydrogen-bond donors (Lipinski definition) is 0. The molecule has 0 saturated carbocycles. The van der Waals surface area contributed by atoms with E-state index in [4.69, 9.17) is 0 Å². The SMILES string of the molecule is COC(=O)C(C)SCCCC(C)(F)F. The molecule has 0 aliphatic rings. The lowest BCUT2D eigenvalue weighted by atomic mass is 10.2. The lowest BCUT2D eigenvalue weighted by molar-refractivity contribution is -0.139. The smallest absolute Gasteiger partial charge is 0.318 e. The van der Waals surface area contributed by atoms with Crippen LogP contribution < -0.4 is 0 Å². The maximum atomic E-state index is 12.4. The summed E-state index contributed by atoms with van der Waals surface area (Å²) in [6.07, 6.45) is 0.281. The van der Waals surface area contributed by atoms with Gasteiger partial charge in [-0.3, -0.25) is 4.79 Å². The van der Waals surface area contributed by atoms with Crippen molar-refractivity contribution in [3.8, 4) is 0 Å². The Morgan fingerprint density at radius 2 is 2.14 bits per heavy atom. The number of ether oxygens (including phenoxy) is 1. The van der Waals surface area contributed by atoms with Crippen LogP contribution in [0.25, 0.3) is 0 Å². The van der Waals surface area contributed by atoms with Crippen LogP contribution in [0.15, 0.2) is 0 Å². The van der Waals surface area contributed by atoms with E-state index in [0.717, 1.165) is 6.92 Å². The number of carbonyl (C=O) groups excluding carboxylic acids is 1. The Hall–Kier alpha value is -0.320. The maximum Gasteiger partial charge on any atom is 0.318 e. The third-order valence-electron chi connectivity index (χ3n) is 1.66. The molecule has 0 aliphatic carbocycles. The molecule has 0 fully saturated rings. The van der Waals surface area contributed by atoms with Crippen LogP contribution in [-0.4, -0.2) is 30.0 Å². The van der Waals surface area contributed by atoms with Crippen molar-refractivity contribution >= 4 is 17.7 Å². The molecule has 0 aromatic heterocycles. The van der Waals surface area contributed by atoms with Crippen LogP contribution in [0.1, 0.15) is 26.7 Å². The fourth-order valence-corrected chi connectivity index (χ4v) is 1.77. The standard InChI is InChI=1S/C9H16F2O2S/c1-7(8(12)13-3)14-6-4-5-9(2,10)11/h7H,4-6H2,1-3H3. The minimum atomic E-state index is -2.60. The lowest BCUT2D eigenvalue weighted by Gasteiger charge is -2.11. The normalized spacial score (nSPS) is 13.8. The molecule has 0 heterocycles. The van der Waals surface area contributed by atoms with Gasteiger partial charge in [-0.1, -0.05) is 0 Å². The van der Waals surface area contributed by atoms with Crippen molar-refractivity contribution in [2.24, 2.45) is 0 Å². The number of hydrogen-bond acceptors (Lipinski definition) is 3. The number of alkyl halides is 2. The molecule has 1 atom stereocenters. The van der Waals surface area contributed by atoms with Gasteiger partial charge in [-0.05, 0) is 26.0 Å². The van der Waals surface area contributed by atoms with Crippen LogP contribution in [0.2, 0.25) is 0 Å². The fraction of sp³-hybridized carbons (Fsp3) is 0.889. The Labute approximate surface area is 87.4 Å². The van der Waals surface area contributed by atoms with Crippen molar-refractivity contribution in [1.82, 2.24) is 0 Å². The highest BCUT2D eigenvalue weighted by atomic mass is 32.2. The molecule has 0 amide bonds. The van der Waals surface area contributed by atoms with Gasteiger partial charge in [0.15, 0.2) is 0 Å². The summed E-state index contributed by atoms with van der Waals surface area (Å²) in [7, 11) is 1.32. The van der Waals surface area contributed by atoms with Crippen LogP contribution in [0.3, 0.4) is 0 Å². The van der Waals surface area contributed by atoms with Gasteiger partial charge in [-0.25, -0.2) is 8.78 Å². The molecular formula is C9H16F2O2S. The number of carbonyl (C=O) groups is 1. The number of rotatable bonds is 6. The molecular weight excluding hydrogens is 210 g/mol. The van der Waals surface area contributed by atoms with Crippen molar-refractivity contribution < 1.29 is 18.3 Å². The van der Waals surface area contributed by atoms with E-state index in [1.54, 1.807) is 6.92 Å².